The monoisotopic (exact) mass is 325 g/mol. The molecule has 124 valence electrons. The molecule has 0 aliphatic heterocycles. The SMILES string of the molecule is CCc1ccc(-c2ccc(-c3ccc4c(C)ccc(C)c4c3)[nH]2)cc1. The summed E-state index contributed by atoms with van der Waals surface area (Å²) in [4.78, 5) is 3.58. The smallest absolute Gasteiger partial charge is 0.0458 e. The Morgan fingerprint density at radius 3 is 1.92 bits per heavy atom. The molecule has 0 fully saturated rings. The predicted octanol–water partition coefficient (Wildman–Crippen LogP) is 6.68. The number of hydrogen-bond donors (Lipinski definition) is 1. The molecule has 0 spiro atoms. The number of rotatable bonds is 3. The first-order valence-corrected chi connectivity index (χ1v) is 8.94. The van der Waals surface area contributed by atoms with Gasteiger partial charge in [0.05, 0.1) is 0 Å². The fourth-order valence-corrected chi connectivity index (χ4v) is 3.46. The van der Waals surface area contributed by atoms with Gasteiger partial charge in [0.15, 0.2) is 0 Å². The highest BCUT2D eigenvalue weighted by Gasteiger charge is 2.07. The summed E-state index contributed by atoms with van der Waals surface area (Å²) in [6, 6.07) is 24.3. The molecule has 25 heavy (non-hydrogen) atoms. The molecule has 1 heteroatoms. The first-order valence-electron chi connectivity index (χ1n) is 8.94. The molecular weight excluding hydrogens is 302 g/mol. The van der Waals surface area contributed by atoms with Gasteiger partial charge in [-0.15, -0.1) is 0 Å². The van der Waals surface area contributed by atoms with E-state index in [9.17, 15) is 0 Å². The van der Waals surface area contributed by atoms with Gasteiger partial charge in [0, 0.05) is 11.4 Å². The van der Waals surface area contributed by atoms with Crippen molar-refractivity contribution in [3.8, 4) is 22.5 Å². The van der Waals surface area contributed by atoms with E-state index in [2.05, 4.69) is 92.5 Å². The molecule has 0 atom stereocenters. The van der Waals surface area contributed by atoms with Crippen LogP contribution in [-0.2, 0) is 6.42 Å². The third-order valence-electron chi connectivity index (χ3n) is 5.12. The van der Waals surface area contributed by atoms with Crippen LogP contribution < -0.4 is 0 Å². The third-order valence-corrected chi connectivity index (χ3v) is 5.12. The van der Waals surface area contributed by atoms with Crippen LogP contribution in [0.15, 0.2) is 66.7 Å². The minimum atomic E-state index is 1.08. The van der Waals surface area contributed by atoms with Crippen molar-refractivity contribution >= 4 is 10.8 Å². The second-order valence-corrected chi connectivity index (χ2v) is 6.80. The fraction of sp³-hybridized carbons (Fsp3) is 0.167. The molecule has 1 N–H and O–H groups in total. The Labute approximate surface area is 149 Å². The fourth-order valence-electron chi connectivity index (χ4n) is 3.46. The van der Waals surface area contributed by atoms with Crippen molar-refractivity contribution in [2.24, 2.45) is 0 Å². The molecule has 4 rings (SSSR count). The van der Waals surface area contributed by atoms with Gasteiger partial charge in [0.1, 0.15) is 0 Å². The molecule has 0 aliphatic rings. The van der Waals surface area contributed by atoms with E-state index in [-0.39, 0.29) is 0 Å². The predicted molar refractivity (Wildman–Crippen MR) is 108 cm³/mol. The molecule has 0 amide bonds. The van der Waals surface area contributed by atoms with Crippen molar-refractivity contribution in [2.75, 3.05) is 0 Å². The highest BCUT2D eigenvalue weighted by atomic mass is 14.7. The van der Waals surface area contributed by atoms with Crippen molar-refractivity contribution in [1.29, 1.82) is 0 Å². The second-order valence-electron chi connectivity index (χ2n) is 6.80. The summed E-state index contributed by atoms with van der Waals surface area (Å²) in [5, 5.41) is 2.67. The summed E-state index contributed by atoms with van der Waals surface area (Å²) in [5.74, 6) is 0. The summed E-state index contributed by atoms with van der Waals surface area (Å²) in [6.07, 6.45) is 1.08. The van der Waals surface area contributed by atoms with E-state index >= 15 is 0 Å². The molecule has 0 saturated carbocycles. The quantitative estimate of drug-likeness (QED) is 0.432. The van der Waals surface area contributed by atoms with E-state index < -0.39 is 0 Å². The van der Waals surface area contributed by atoms with Gasteiger partial charge in [-0.1, -0.05) is 55.5 Å². The van der Waals surface area contributed by atoms with Gasteiger partial charge in [-0.05, 0) is 77.1 Å². The lowest BCUT2D eigenvalue weighted by atomic mass is 9.98. The average Bonchev–Trinajstić information content (AvgIpc) is 3.15. The molecule has 3 aromatic carbocycles. The third kappa shape index (κ3) is 2.87. The molecule has 0 radical (unpaired) electrons. The van der Waals surface area contributed by atoms with Crippen molar-refractivity contribution in [3.05, 3.63) is 83.4 Å². The Kier molecular flexibility index (Phi) is 3.93. The van der Waals surface area contributed by atoms with E-state index in [1.807, 2.05) is 0 Å². The van der Waals surface area contributed by atoms with Crippen LogP contribution in [0.25, 0.3) is 33.3 Å². The van der Waals surface area contributed by atoms with Gasteiger partial charge >= 0.3 is 0 Å². The summed E-state index contributed by atoms with van der Waals surface area (Å²) >= 11 is 0. The van der Waals surface area contributed by atoms with E-state index in [1.165, 1.54) is 44.3 Å². The van der Waals surface area contributed by atoms with Crippen LogP contribution >= 0.6 is 0 Å². The van der Waals surface area contributed by atoms with Gasteiger partial charge in [-0.2, -0.15) is 0 Å². The zero-order valence-corrected chi connectivity index (χ0v) is 15.1. The maximum atomic E-state index is 3.58. The van der Waals surface area contributed by atoms with E-state index in [1.54, 1.807) is 0 Å². The van der Waals surface area contributed by atoms with Gasteiger partial charge in [0.25, 0.3) is 0 Å². The highest BCUT2D eigenvalue weighted by molar-refractivity contribution is 5.92. The Hall–Kier alpha value is -2.80. The average molecular weight is 325 g/mol. The molecule has 1 heterocycles. The van der Waals surface area contributed by atoms with Crippen LogP contribution in [0.2, 0.25) is 0 Å². The normalized spacial score (nSPS) is 11.2. The second kappa shape index (κ2) is 6.25. The lowest BCUT2D eigenvalue weighted by molar-refractivity contribution is 1.14. The molecular formula is C24H23N. The number of aromatic amines is 1. The molecule has 0 saturated heterocycles. The van der Waals surface area contributed by atoms with Crippen molar-refractivity contribution in [3.63, 3.8) is 0 Å². The number of H-pyrrole nitrogens is 1. The lowest BCUT2D eigenvalue weighted by Gasteiger charge is -2.08. The molecule has 1 aromatic heterocycles. The summed E-state index contributed by atoms with van der Waals surface area (Å²) in [7, 11) is 0. The largest absolute Gasteiger partial charge is 0.355 e. The maximum absolute atomic E-state index is 3.58. The van der Waals surface area contributed by atoms with Crippen LogP contribution in [0.4, 0.5) is 0 Å². The number of aryl methyl sites for hydroxylation is 3. The summed E-state index contributed by atoms with van der Waals surface area (Å²) in [5.41, 5.74) is 8.82. The van der Waals surface area contributed by atoms with E-state index in [0.29, 0.717) is 0 Å². The van der Waals surface area contributed by atoms with Gasteiger partial charge in [0.2, 0.25) is 0 Å². The maximum Gasteiger partial charge on any atom is 0.0458 e. The lowest BCUT2D eigenvalue weighted by Crippen LogP contribution is -1.85. The Morgan fingerprint density at radius 2 is 1.24 bits per heavy atom. The first-order chi connectivity index (χ1) is 12.2. The number of hydrogen-bond acceptors (Lipinski definition) is 0. The zero-order valence-electron chi connectivity index (χ0n) is 15.1. The summed E-state index contributed by atoms with van der Waals surface area (Å²) < 4.78 is 0. The van der Waals surface area contributed by atoms with Crippen LogP contribution in [0.3, 0.4) is 0 Å². The highest BCUT2D eigenvalue weighted by Crippen LogP contribution is 2.30. The van der Waals surface area contributed by atoms with Gasteiger partial charge in [-0.25, -0.2) is 0 Å². The Balaban J connectivity index is 1.74. The van der Waals surface area contributed by atoms with Gasteiger partial charge in [-0.3, -0.25) is 0 Å². The van der Waals surface area contributed by atoms with Crippen molar-refractivity contribution in [1.82, 2.24) is 4.98 Å². The van der Waals surface area contributed by atoms with Crippen molar-refractivity contribution in [2.45, 2.75) is 27.2 Å². The summed E-state index contributed by atoms with van der Waals surface area (Å²) in [6.45, 7) is 6.54. The molecule has 0 bridgehead atoms. The Morgan fingerprint density at radius 1 is 0.640 bits per heavy atom. The minimum Gasteiger partial charge on any atom is -0.355 e. The standard InChI is InChI=1S/C24H23N/c1-4-18-7-9-19(10-8-18)23-13-14-24(25-23)20-11-12-21-16(2)5-6-17(3)22(21)15-20/h5-15,25H,4H2,1-3H3. The number of benzene rings is 3. The molecule has 4 aromatic rings. The van der Waals surface area contributed by atoms with Crippen molar-refractivity contribution < 1.29 is 0 Å². The molecule has 0 aliphatic carbocycles. The molecule has 0 unspecified atom stereocenters. The number of fused-ring (bicyclic) bond motifs is 1. The number of nitrogens with one attached hydrogen (secondary N) is 1. The van der Waals surface area contributed by atoms with Crippen LogP contribution in [0.5, 0.6) is 0 Å². The zero-order chi connectivity index (χ0) is 17.4. The topological polar surface area (TPSA) is 15.8 Å². The van der Waals surface area contributed by atoms with E-state index in [4.69, 9.17) is 0 Å². The first kappa shape index (κ1) is 15.7. The van der Waals surface area contributed by atoms with Crippen LogP contribution in [0, 0.1) is 13.8 Å². The van der Waals surface area contributed by atoms with Crippen LogP contribution in [0.1, 0.15) is 23.6 Å². The number of aromatic nitrogens is 1. The Bertz CT molecular complexity index is 1040. The minimum absolute atomic E-state index is 1.08. The van der Waals surface area contributed by atoms with Crippen LogP contribution in [-0.4, -0.2) is 4.98 Å². The molecule has 1 nitrogen and oxygen atoms in total. The van der Waals surface area contributed by atoms with E-state index in [0.717, 1.165) is 12.1 Å². The van der Waals surface area contributed by atoms with Gasteiger partial charge < -0.3 is 4.98 Å².